The maximum atomic E-state index is 12.3. The fraction of sp³-hybridized carbons (Fsp3) is 0.350. The van der Waals surface area contributed by atoms with E-state index >= 15 is 0 Å². The van der Waals surface area contributed by atoms with E-state index in [2.05, 4.69) is 5.16 Å². The van der Waals surface area contributed by atoms with Gasteiger partial charge in [-0.2, -0.15) is 0 Å². The molecular weight excluding hydrogens is 394 g/mol. The number of piperazine rings is 1. The van der Waals surface area contributed by atoms with Crippen molar-refractivity contribution in [2.24, 2.45) is 5.16 Å². The normalized spacial score (nSPS) is 14.1. The predicted molar refractivity (Wildman–Crippen MR) is 110 cm³/mol. The van der Waals surface area contributed by atoms with Gasteiger partial charge in [0.05, 0.1) is 25.3 Å². The van der Waals surface area contributed by atoms with E-state index in [0.717, 1.165) is 10.4 Å². The minimum absolute atomic E-state index is 0.0165. The molecule has 0 saturated carbocycles. The summed E-state index contributed by atoms with van der Waals surface area (Å²) in [5.74, 6) is 1.07. The van der Waals surface area contributed by atoms with Gasteiger partial charge < -0.3 is 24.1 Å². The lowest BCUT2D eigenvalue weighted by Gasteiger charge is -2.34. The van der Waals surface area contributed by atoms with Crippen molar-refractivity contribution in [3.8, 4) is 11.5 Å². The molecular formula is C20H23N3O5S. The number of hydrogen-bond donors (Lipinski definition) is 0. The summed E-state index contributed by atoms with van der Waals surface area (Å²) >= 11 is 1.43. The highest BCUT2D eigenvalue weighted by Gasteiger charge is 2.25. The number of carbonyl (C=O) groups is 2. The fourth-order valence-corrected chi connectivity index (χ4v) is 3.62. The minimum Gasteiger partial charge on any atom is -0.493 e. The van der Waals surface area contributed by atoms with Crippen molar-refractivity contribution in [1.82, 2.24) is 9.80 Å². The summed E-state index contributed by atoms with van der Waals surface area (Å²) in [6.07, 6.45) is 1.51. The van der Waals surface area contributed by atoms with Crippen molar-refractivity contribution >= 4 is 29.4 Å². The summed E-state index contributed by atoms with van der Waals surface area (Å²) in [5.41, 5.74) is 0.760. The van der Waals surface area contributed by atoms with Crippen molar-refractivity contribution in [2.45, 2.75) is 0 Å². The van der Waals surface area contributed by atoms with Crippen LogP contribution < -0.4 is 9.47 Å². The Bertz CT molecular complexity index is 861. The maximum absolute atomic E-state index is 12.3. The fourth-order valence-electron chi connectivity index (χ4n) is 2.93. The maximum Gasteiger partial charge on any atom is 0.264 e. The van der Waals surface area contributed by atoms with Gasteiger partial charge in [-0.15, -0.1) is 11.3 Å². The molecule has 2 aromatic rings. The van der Waals surface area contributed by atoms with E-state index in [9.17, 15) is 9.59 Å². The van der Waals surface area contributed by atoms with E-state index in [1.54, 1.807) is 42.2 Å². The van der Waals surface area contributed by atoms with Gasteiger partial charge in [-0.25, -0.2) is 0 Å². The van der Waals surface area contributed by atoms with Gasteiger partial charge in [0.25, 0.3) is 11.8 Å². The minimum atomic E-state index is -0.155. The van der Waals surface area contributed by atoms with Crippen LogP contribution in [-0.4, -0.2) is 74.8 Å². The van der Waals surface area contributed by atoms with Crippen LogP contribution in [0.2, 0.25) is 0 Å². The van der Waals surface area contributed by atoms with E-state index in [0.29, 0.717) is 37.7 Å². The molecule has 0 unspecified atom stereocenters. The third kappa shape index (κ3) is 5.26. The first-order chi connectivity index (χ1) is 14.1. The number of methoxy groups -OCH3 is 2. The second kappa shape index (κ2) is 9.92. The van der Waals surface area contributed by atoms with Crippen LogP contribution in [0, 0.1) is 0 Å². The molecule has 8 nitrogen and oxygen atoms in total. The first-order valence-corrected chi connectivity index (χ1v) is 9.98. The number of hydrogen-bond acceptors (Lipinski definition) is 7. The molecule has 3 rings (SSSR count). The molecule has 2 heterocycles. The number of rotatable bonds is 7. The van der Waals surface area contributed by atoms with Crippen LogP contribution in [-0.2, 0) is 9.63 Å². The summed E-state index contributed by atoms with van der Waals surface area (Å²) in [7, 11) is 3.12. The molecule has 0 N–H and O–H groups in total. The smallest absolute Gasteiger partial charge is 0.264 e. The lowest BCUT2D eigenvalue weighted by Crippen LogP contribution is -2.51. The van der Waals surface area contributed by atoms with Gasteiger partial charge in [-0.05, 0) is 29.6 Å². The van der Waals surface area contributed by atoms with E-state index < -0.39 is 0 Å². The molecule has 1 aromatic heterocycles. The monoisotopic (exact) mass is 417 g/mol. The van der Waals surface area contributed by atoms with Gasteiger partial charge in [0.15, 0.2) is 18.1 Å². The zero-order valence-electron chi connectivity index (χ0n) is 16.4. The molecule has 0 bridgehead atoms. The largest absolute Gasteiger partial charge is 0.493 e. The molecule has 1 aliphatic rings. The summed E-state index contributed by atoms with van der Waals surface area (Å²) in [5, 5.41) is 5.73. The van der Waals surface area contributed by atoms with Gasteiger partial charge in [-0.1, -0.05) is 11.2 Å². The Morgan fingerprint density at radius 3 is 2.45 bits per heavy atom. The SMILES string of the molecule is COc1ccc(/C=N\OCC(=O)N2CCN(C(=O)c3cccs3)CC2)cc1OC. The van der Waals surface area contributed by atoms with Gasteiger partial charge in [0.1, 0.15) is 0 Å². The zero-order chi connectivity index (χ0) is 20.6. The summed E-state index contributed by atoms with van der Waals surface area (Å²) in [6, 6.07) is 9.01. The molecule has 9 heteroatoms. The topological polar surface area (TPSA) is 80.7 Å². The highest BCUT2D eigenvalue weighted by molar-refractivity contribution is 7.12. The Labute approximate surface area is 173 Å². The first kappa shape index (κ1) is 20.7. The molecule has 1 fully saturated rings. The van der Waals surface area contributed by atoms with Crippen LogP contribution in [0.4, 0.5) is 0 Å². The quantitative estimate of drug-likeness (QED) is 0.509. The van der Waals surface area contributed by atoms with Gasteiger partial charge in [0.2, 0.25) is 0 Å². The van der Waals surface area contributed by atoms with Crippen molar-refractivity contribution in [3.63, 3.8) is 0 Å². The Morgan fingerprint density at radius 1 is 1.07 bits per heavy atom. The second-order valence-corrected chi connectivity index (χ2v) is 7.22. The average molecular weight is 417 g/mol. The van der Waals surface area contributed by atoms with Crippen molar-refractivity contribution in [1.29, 1.82) is 0 Å². The van der Waals surface area contributed by atoms with Crippen LogP contribution >= 0.6 is 11.3 Å². The predicted octanol–water partition coefficient (Wildman–Crippen LogP) is 2.10. The number of thiophene rings is 1. The van der Waals surface area contributed by atoms with Crippen molar-refractivity contribution in [3.05, 3.63) is 46.2 Å². The van der Waals surface area contributed by atoms with Crippen molar-refractivity contribution < 1.29 is 23.9 Å². The third-order valence-corrected chi connectivity index (χ3v) is 5.38. The summed E-state index contributed by atoms with van der Waals surface area (Å²) < 4.78 is 10.4. The molecule has 2 amide bonds. The molecule has 29 heavy (non-hydrogen) atoms. The average Bonchev–Trinajstić information content (AvgIpc) is 3.31. The standard InChI is InChI=1S/C20H23N3O5S/c1-26-16-6-5-15(12-17(16)27-2)13-21-28-14-19(24)22-7-9-23(10-8-22)20(25)18-4-3-11-29-18/h3-6,11-13H,7-10,14H2,1-2H3/b21-13-. The Morgan fingerprint density at radius 2 is 1.79 bits per heavy atom. The molecule has 1 saturated heterocycles. The Kier molecular flexibility index (Phi) is 7.07. The van der Waals surface area contributed by atoms with E-state index in [1.165, 1.54) is 17.6 Å². The van der Waals surface area contributed by atoms with Gasteiger partial charge in [0, 0.05) is 31.7 Å². The molecule has 0 atom stereocenters. The molecule has 0 radical (unpaired) electrons. The lowest BCUT2D eigenvalue weighted by atomic mass is 10.2. The number of amides is 2. The highest BCUT2D eigenvalue weighted by atomic mass is 32.1. The number of oxime groups is 1. The van der Waals surface area contributed by atoms with Crippen LogP contribution in [0.5, 0.6) is 11.5 Å². The number of carbonyl (C=O) groups excluding carboxylic acids is 2. The molecule has 1 aromatic carbocycles. The van der Waals surface area contributed by atoms with E-state index in [1.807, 2.05) is 17.5 Å². The third-order valence-electron chi connectivity index (χ3n) is 4.52. The Balaban J connectivity index is 1.43. The van der Waals surface area contributed by atoms with Crippen LogP contribution in [0.25, 0.3) is 0 Å². The molecule has 0 aliphatic carbocycles. The lowest BCUT2D eigenvalue weighted by molar-refractivity contribution is -0.137. The van der Waals surface area contributed by atoms with Crippen LogP contribution in [0.3, 0.4) is 0 Å². The van der Waals surface area contributed by atoms with Crippen LogP contribution in [0.1, 0.15) is 15.2 Å². The zero-order valence-corrected chi connectivity index (χ0v) is 17.2. The van der Waals surface area contributed by atoms with E-state index in [-0.39, 0.29) is 18.4 Å². The van der Waals surface area contributed by atoms with Crippen molar-refractivity contribution in [2.75, 3.05) is 47.0 Å². The number of nitrogens with zero attached hydrogens (tertiary/aromatic N) is 3. The molecule has 0 spiro atoms. The first-order valence-electron chi connectivity index (χ1n) is 9.10. The number of ether oxygens (including phenoxy) is 2. The Hall–Kier alpha value is -3.07. The highest BCUT2D eigenvalue weighted by Crippen LogP contribution is 2.26. The van der Waals surface area contributed by atoms with Crippen LogP contribution in [0.15, 0.2) is 40.9 Å². The summed E-state index contributed by atoms with van der Waals surface area (Å²) in [4.78, 5) is 33.9. The number of benzene rings is 1. The molecule has 154 valence electrons. The van der Waals surface area contributed by atoms with Gasteiger partial charge in [-0.3, -0.25) is 9.59 Å². The molecule has 1 aliphatic heterocycles. The van der Waals surface area contributed by atoms with E-state index in [4.69, 9.17) is 14.3 Å². The summed E-state index contributed by atoms with van der Waals surface area (Å²) in [6.45, 7) is 1.84. The second-order valence-electron chi connectivity index (χ2n) is 6.27. The van der Waals surface area contributed by atoms with Gasteiger partial charge >= 0.3 is 0 Å².